The fourth-order valence-electron chi connectivity index (χ4n) is 4.38. The quantitative estimate of drug-likeness (QED) is 0.426. The molecule has 1 N–H and O–H groups in total. The van der Waals surface area contributed by atoms with Crippen molar-refractivity contribution in [3.05, 3.63) is 83.4 Å². The number of amides is 1. The number of para-hydroxylation sites is 2. The van der Waals surface area contributed by atoms with Crippen molar-refractivity contribution in [2.24, 2.45) is 5.92 Å². The number of pyridine rings is 1. The standard InChI is InChI=1S/C25H24BrN5O/c26-19-7-3-9-21(14-19)31-23-11-2-1-10-22(23)29-24(31)17-30-13-5-6-18(16-30)25(32)28-20-8-4-12-27-15-20/h1-4,7-12,14-15,18H,5-6,13,16-17H2,(H,28,32)/t18-/m1/s1. The maximum atomic E-state index is 12.8. The molecule has 1 saturated heterocycles. The Morgan fingerprint density at radius 2 is 2.03 bits per heavy atom. The number of piperidine rings is 1. The summed E-state index contributed by atoms with van der Waals surface area (Å²) in [6.07, 6.45) is 5.26. The van der Waals surface area contributed by atoms with E-state index in [0.717, 1.165) is 52.1 Å². The Balaban J connectivity index is 1.38. The van der Waals surface area contributed by atoms with Crippen molar-refractivity contribution < 1.29 is 4.79 Å². The highest BCUT2D eigenvalue weighted by atomic mass is 79.9. The van der Waals surface area contributed by atoms with Gasteiger partial charge in [-0.25, -0.2) is 4.98 Å². The van der Waals surface area contributed by atoms with E-state index in [1.807, 2.05) is 42.5 Å². The van der Waals surface area contributed by atoms with E-state index >= 15 is 0 Å². The first kappa shape index (κ1) is 20.8. The van der Waals surface area contributed by atoms with Gasteiger partial charge in [-0.2, -0.15) is 0 Å². The van der Waals surface area contributed by atoms with E-state index in [-0.39, 0.29) is 11.8 Å². The zero-order valence-electron chi connectivity index (χ0n) is 17.6. The minimum absolute atomic E-state index is 0.0485. The van der Waals surface area contributed by atoms with Gasteiger partial charge in [-0.15, -0.1) is 0 Å². The van der Waals surface area contributed by atoms with Crippen molar-refractivity contribution in [2.75, 3.05) is 18.4 Å². The molecule has 0 spiro atoms. The van der Waals surface area contributed by atoms with Gasteiger partial charge in [0.05, 0.1) is 35.4 Å². The van der Waals surface area contributed by atoms with Crippen molar-refractivity contribution in [3.63, 3.8) is 0 Å². The number of likely N-dealkylation sites (tertiary alicyclic amines) is 1. The average Bonchev–Trinajstić information content (AvgIpc) is 3.17. The second kappa shape index (κ2) is 9.22. The van der Waals surface area contributed by atoms with E-state index in [0.29, 0.717) is 13.1 Å². The lowest BCUT2D eigenvalue weighted by Gasteiger charge is -2.31. The molecule has 0 bridgehead atoms. The Labute approximate surface area is 195 Å². The van der Waals surface area contributed by atoms with Crippen LogP contribution in [0.2, 0.25) is 0 Å². The zero-order chi connectivity index (χ0) is 21.9. The van der Waals surface area contributed by atoms with Crippen molar-refractivity contribution in [3.8, 4) is 5.69 Å². The topological polar surface area (TPSA) is 63.1 Å². The van der Waals surface area contributed by atoms with Crippen LogP contribution in [-0.2, 0) is 11.3 Å². The Morgan fingerprint density at radius 3 is 2.88 bits per heavy atom. The number of nitrogens with one attached hydrogen (secondary N) is 1. The van der Waals surface area contributed by atoms with Gasteiger partial charge in [0.1, 0.15) is 5.82 Å². The van der Waals surface area contributed by atoms with Crippen LogP contribution in [0.4, 0.5) is 5.69 Å². The van der Waals surface area contributed by atoms with Crippen LogP contribution < -0.4 is 5.32 Å². The summed E-state index contributed by atoms with van der Waals surface area (Å²) in [4.78, 5) is 24.2. The van der Waals surface area contributed by atoms with E-state index in [1.165, 1.54) is 0 Å². The Morgan fingerprint density at radius 1 is 1.12 bits per heavy atom. The highest BCUT2D eigenvalue weighted by molar-refractivity contribution is 9.10. The van der Waals surface area contributed by atoms with Crippen LogP contribution in [0.5, 0.6) is 0 Å². The first-order valence-corrected chi connectivity index (χ1v) is 11.6. The summed E-state index contributed by atoms with van der Waals surface area (Å²) in [6.45, 7) is 2.37. The summed E-state index contributed by atoms with van der Waals surface area (Å²) in [5.74, 6) is 0.994. The van der Waals surface area contributed by atoms with Gasteiger partial charge in [0, 0.05) is 22.9 Å². The lowest BCUT2D eigenvalue weighted by molar-refractivity contribution is -0.121. The van der Waals surface area contributed by atoms with Crippen LogP contribution in [0.25, 0.3) is 16.7 Å². The summed E-state index contributed by atoms with van der Waals surface area (Å²) < 4.78 is 3.25. The van der Waals surface area contributed by atoms with Gasteiger partial charge >= 0.3 is 0 Å². The van der Waals surface area contributed by atoms with E-state index in [1.54, 1.807) is 12.4 Å². The fourth-order valence-corrected chi connectivity index (χ4v) is 4.77. The number of fused-ring (bicyclic) bond motifs is 1. The largest absolute Gasteiger partial charge is 0.324 e. The van der Waals surface area contributed by atoms with E-state index < -0.39 is 0 Å². The average molecular weight is 490 g/mol. The molecule has 1 aliphatic rings. The summed E-state index contributed by atoms with van der Waals surface area (Å²) in [7, 11) is 0. The van der Waals surface area contributed by atoms with Crippen LogP contribution in [-0.4, -0.2) is 38.4 Å². The molecule has 1 aliphatic heterocycles. The van der Waals surface area contributed by atoms with Gasteiger partial charge in [0.25, 0.3) is 0 Å². The smallest absolute Gasteiger partial charge is 0.228 e. The molecular formula is C25H24BrN5O. The molecule has 1 fully saturated rings. The number of nitrogens with zero attached hydrogens (tertiary/aromatic N) is 4. The number of rotatable bonds is 5. The molecule has 0 unspecified atom stereocenters. The van der Waals surface area contributed by atoms with Crippen molar-refractivity contribution in [2.45, 2.75) is 19.4 Å². The monoisotopic (exact) mass is 489 g/mol. The third-order valence-electron chi connectivity index (χ3n) is 5.87. The summed E-state index contributed by atoms with van der Waals surface area (Å²) in [6, 6.07) is 20.2. The van der Waals surface area contributed by atoms with E-state index in [4.69, 9.17) is 4.98 Å². The van der Waals surface area contributed by atoms with Crippen LogP contribution in [0.1, 0.15) is 18.7 Å². The predicted molar refractivity (Wildman–Crippen MR) is 130 cm³/mol. The van der Waals surface area contributed by atoms with Gasteiger partial charge in [0.15, 0.2) is 0 Å². The highest BCUT2D eigenvalue weighted by Gasteiger charge is 2.27. The molecule has 2 aromatic heterocycles. The summed E-state index contributed by atoms with van der Waals surface area (Å²) >= 11 is 3.59. The van der Waals surface area contributed by atoms with Gasteiger partial charge in [-0.1, -0.05) is 34.1 Å². The molecule has 1 amide bonds. The fraction of sp³-hybridized carbons (Fsp3) is 0.240. The molecule has 162 valence electrons. The predicted octanol–water partition coefficient (Wildman–Crippen LogP) is 5.03. The van der Waals surface area contributed by atoms with Gasteiger partial charge in [-0.3, -0.25) is 19.2 Å². The van der Waals surface area contributed by atoms with Crippen LogP contribution in [0.3, 0.4) is 0 Å². The van der Waals surface area contributed by atoms with Gasteiger partial charge in [-0.05, 0) is 61.9 Å². The summed E-state index contributed by atoms with van der Waals surface area (Å²) in [5.41, 5.74) is 3.88. The molecule has 32 heavy (non-hydrogen) atoms. The molecule has 1 atom stereocenters. The van der Waals surface area contributed by atoms with Crippen LogP contribution in [0, 0.1) is 5.92 Å². The first-order chi connectivity index (χ1) is 15.7. The normalized spacial score (nSPS) is 16.8. The SMILES string of the molecule is O=C(Nc1cccnc1)[C@@H]1CCCN(Cc2nc3ccccc3n2-c2cccc(Br)c2)C1. The van der Waals surface area contributed by atoms with Crippen LogP contribution >= 0.6 is 15.9 Å². The number of hydrogen-bond donors (Lipinski definition) is 1. The van der Waals surface area contributed by atoms with Crippen LogP contribution in [0.15, 0.2) is 77.5 Å². The van der Waals surface area contributed by atoms with Gasteiger partial charge < -0.3 is 5.32 Å². The lowest BCUT2D eigenvalue weighted by Crippen LogP contribution is -2.40. The molecule has 3 heterocycles. The third kappa shape index (κ3) is 4.45. The second-order valence-corrected chi connectivity index (χ2v) is 9.05. The zero-order valence-corrected chi connectivity index (χ0v) is 19.2. The van der Waals surface area contributed by atoms with Crippen molar-refractivity contribution in [1.29, 1.82) is 0 Å². The first-order valence-electron chi connectivity index (χ1n) is 10.8. The number of benzene rings is 2. The number of carbonyl (C=O) groups is 1. The molecular weight excluding hydrogens is 466 g/mol. The number of aromatic nitrogens is 3. The second-order valence-electron chi connectivity index (χ2n) is 8.14. The molecule has 2 aromatic carbocycles. The number of imidazole rings is 1. The number of carbonyl (C=O) groups excluding carboxylic acids is 1. The highest BCUT2D eigenvalue weighted by Crippen LogP contribution is 2.26. The van der Waals surface area contributed by atoms with E-state index in [2.05, 4.69) is 53.9 Å². The minimum Gasteiger partial charge on any atom is -0.324 e. The molecule has 5 rings (SSSR count). The molecule has 7 heteroatoms. The number of halogens is 1. The van der Waals surface area contributed by atoms with Crippen molar-refractivity contribution in [1.82, 2.24) is 19.4 Å². The number of anilines is 1. The van der Waals surface area contributed by atoms with E-state index in [9.17, 15) is 4.79 Å². The maximum Gasteiger partial charge on any atom is 0.228 e. The van der Waals surface area contributed by atoms with Gasteiger partial charge in [0.2, 0.25) is 5.91 Å². The number of hydrogen-bond acceptors (Lipinski definition) is 4. The molecule has 0 aliphatic carbocycles. The maximum absolute atomic E-state index is 12.8. The van der Waals surface area contributed by atoms with Crippen molar-refractivity contribution >= 4 is 38.6 Å². The lowest BCUT2D eigenvalue weighted by atomic mass is 9.97. The molecule has 0 radical (unpaired) electrons. The third-order valence-corrected chi connectivity index (χ3v) is 6.36. The Hall–Kier alpha value is -3.03. The molecule has 6 nitrogen and oxygen atoms in total. The Bertz CT molecular complexity index is 1240. The Kier molecular flexibility index (Phi) is 6.01. The molecule has 4 aromatic rings. The minimum atomic E-state index is -0.0485. The molecule has 0 saturated carbocycles. The summed E-state index contributed by atoms with van der Waals surface area (Å²) in [5, 5.41) is 3.01.